The molecule has 6 nitrogen and oxygen atoms in total. The molecule has 0 unspecified atom stereocenters. The number of nitrogens with zero attached hydrogens (tertiary/aromatic N) is 2. The molecule has 1 aromatic carbocycles. The maximum Gasteiger partial charge on any atom is 0.356 e. The van der Waals surface area contributed by atoms with E-state index in [-0.39, 0.29) is 17.2 Å². The van der Waals surface area contributed by atoms with Gasteiger partial charge in [0.15, 0.2) is 5.69 Å². The van der Waals surface area contributed by atoms with Gasteiger partial charge in [-0.2, -0.15) is 5.10 Å². The minimum Gasteiger partial charge on any atom is -0.476 e. The van der Waals surface area contributed by atoms with Gasteiger partial charge in [0.2, 0.25) is 0 Å². The van der Waals surface area contributed by atoms with Gasteiger partial charge in [-0.3, -0.25) is 4.79 Å². The molecule has 1 aliphatic rings. The second-order valence-electron chi connectivity index (χ2n) is 6.10. The summed E-state index contributed by atoms with van der Waals surface area (Å²) in [5.41, 5.74) is 2.69. The molecule has 0 spiro atoms. The van der Waals surface area contributed by atoms with Gasteiger partial charge < -0.3 is 10.1 Å². The molecule has 1 fully saturated rings. The van der Waals surface area contributed by atoms with Crippen molar-refractivity contribution in [2.24, 2.45) is 0 Å². The zero-order valence-electron chi connectivity index (χ0n) is 12.8. The Kier molecular flexibility index (Phi) is 3.25. The first-order chi connectivity index (χ1) is 11.5. The quantitative estimate of drug-likeness (QED) is 0.764. The van der Waals surface area contributed by atoms with Gasteiger partial charge in [-0.05, 0) is 37.3 Å². The number of benzene rings is 1. The van der Waals surface area contributed by atoms with Gasteiger partial charge in [-0.25, -0.2) is 9.31 Å². The maximum absolute atomic E-state index is 12.6. The van der Waals surface area contributed by atoms with Gasteiger partial charge in [0.25, 0.3) is 5.56 Å². The fourth-order valence-corrected chi connectivity index (χ4v) is 3.11. The van der Waals surface area contributed by atoms with E-state index in [9.17, 15) is 14.7 Å². The first kappa shape index (κ1) is 15.0. The van der Waals surface area contributed by atoms with Crippen LogP contribution in [0.4, 0.5) is 0 Å². The Labute approximate surface area is 141 Å². The van der Waals surface area contributed by atoms with Gasteiger partial charge in [-0.1, -0.05) is 23.7 Å². The van der Waals surface area contributed by atoms with E-state index < -0.39 is 5.97 Å². The second kappa shape index (κ2) is 5.21. The Morgan fingerprint density at radius 2 is 2.17 bits per heavy atom. The summed E-state index contributed by atoms with van der Waals surface area (Å²) in [4.78, 5) is 26.9. The number of aromatic carboxylic acids is 1. The highest BCUT2D eigenvalue weighted by Gasteiger charge is 2.34. The van der Waals surface area contributed by atoms with Crippen LogP contribution in [0.3, 0.4) is 0 Å². The van der Waals surface area contributed by atoms with Crippen molar-refractivity contribution < 1.29 is 9.90 Å². The van der Waals surface area contributed by atoms with Crippen LogP contribution in [0.2, 0.25) is 5.02 Å². The Morgan fingerprint density at radius 1 is 1.42 bits per heavy atom. The number of aryl methyl sites for hydroxylation is 1. The van der Waals surface area contributed by atoms with Crippen LogP contribution in [0.5, 0.6) is 0 Å². The van der Waals surface area contributed by atoms with E-state index in [2.05, 4.69) is 10.1 Å². The Hall–Kier alpha value is -2.60. The van der Waals surface area contributed by atoms with E-state index in [0.717, 1.165) is 24.0 Å². The Balaban J connectivity index is 1.96. The summed E-state index contributed by atoms with van der Waals surface area (Å²) in [6, 6.07) is 5.47. The molecule has 4 rings (SSSR count). The fraction of sp³-hybridized carbons (Fsp3) is 0.235. The minimum atomic E-state index is -1.11. The molecule has 2 heterocycles. The molecule has 0 atom stereocenters. The Morgan fingerprint density at radius 3 is 2.79 bits per heavy atom. The zero-order valence-corrected chi connectivity index (χ0v) is 13.6. The maximum atomic E-state index is 12.6. The number of aromatic nitrogens is 3. The third-order valence-corrected chi connectivity index (χ3v) is 4.74. The van der Waals surface area contributed by atoms with Crippen LogP contribution in [0.15, 0.2) is 29.2 Å². The van der Waals surface area contributed by atoms with Crippen molar-refractivity contribution in [2.75, 3.05) is 0 Å². The van der Waals surface area contributed by atoms with Gasteiger partial charge in [0.1, 0.15) is 5.52 Å². The number of halogens is 1. The van der Waals surface area contributed by atoms with E-state index in [4.69, 9.17) is 11.6 Å². The summed E-state index contributed by atoms with van der Waals surface area (Å²) in [5.74, 6) is -1.01. The van der Waals surface area contributed by atoms with Crippen LogP contribution in [0.25, 0.3) is 16.8 Å². The molecule has 24 heavy (non-hydrogen) atoms. The molecule has 0 radical (unpaired) electrons. The molecule has 122 valence electrons. The van der Waals surface area contributed by atoms with E-state index in [1.54, 1.807) is 12.3 Å². The molecule has 0 aliphatic heterocycles. The Bertz CT molecular complexity index is 1050. The number of carbonyl (C=O) groups is 1. The van der Waals surface area contributed by atoms with Crippen molar-refractivity contribution in [3.05, 3.63) is 56.6 Å². The largest absolute Gasteiger partial charge is 0.476 e. The number of fused-ring (bicyclic) bond motifs is 1. The normalized spacial score (nSPS) is 14.2. The molecule has 2 aromatic heterocycles. The van der Waals surface area contributed by atoms with Gasteiger partial charge in [-0.15, -0.1) is 0 Å². The number of rotatable bonds is 3. The molecular formula is C17H14ClN3O3. The molecule has 0 saturated heterocycles. The topological polar surface area (TPSA) is 87.5 Å². The number of carboxylic acid groups (broad SMARTS) is 1. The highest BCUT2D eigenvalue weighted by molar-refractivity contribution is 6.31. The first-order valence-electron chi connectivity index (χ1n) is 7.61. The van der Waals surface area contributed by atoms with Crippen LogP contribution in [0, 0.1) is 6.92 Å². The average Bonchev–Trinajstić information content (AvgIpc) is 3.29. The highest BCUT2D eigenvalue weighted by atomic mass is 35.5. The summed E-state index contributed by atoms with van der Waals surface area (Å²) in [5, 5.41) is 14.1. The lowest BCUT2D eigenvalue weighted by Gasteiger charge is -2.05. The summed E-state index contributed by atoms with van der Waals surface area (Å²) >= 11 is 6.15. The molecule has 2 N–H and O–H groups in total. The van der Waals surface area contributed by atoms with Crippen molar-refractivity contribution in [2.45, 2.75) is 25.7 Å². The van der Waals surface area contributed by atoms with Crippen LogP contribution in [-0.4, -0.2) is 25.7 Å². The molecule has 1 aliphatic carbocycles. The van der Waals surface area contributed by atoms with Crippen molar-refractivity contribution >= 4 is 23.1 Å². The predicted molar refractivity (Wildman–Crippen MR) is 89.9 cm³/mol. The summed E-state index contributed by atoms with van der Waals surface area (Å²) in [6.45, 7) is 1.90. The SMILES string of the molecule is Cc1ccc(-c2cn3nc(C(=O)O)c(C4CC4)c3c(=O)[nH]2)cc1Cl. The lowest BCUT2D eigenvalue weighted by atomic mass is 10.1. The monoisotopic (exact) mass is 343 g/mol. The molecule has 7 heteroatoms. The smallest absolute Gasteiger partial charge is 0.356 e. The standard InChI is InChI=1S/C17H14ClN3O3/c1-8-2-3-10(6-11(8)18)12-7-21-15(16(22)19-12)13(9-4-5-9)14(20-21)17(23)24/h2-3,6-7,9H,4-5H2,1H3,(H,19,22)(H,23,24). The number of nitrogens with one attached hydrogen (secondary N) is 1. The van der Waals surface area contributed by atoms with Gasteiger partial charge >= 0.3 is 5.97 Å². The van der Waals surface area contributed by atoms with Crippen molar-refractivity contribution in [1.29, 1.82) is 0 Å². The highest BCUT2D eigenvalue weighted by Crippen LogP contribution is 2.43. The molecule has 3 aromatic rings. The molecular weight excluding hydrogens is 330 g/mol. The number of carboxylic acids is 1. The molecule has 0 amide bonds. The van der Waals surface area contributed by atoms with Gasteiger partial charge in [0, 0.05) is 16.1 Å². The van der Waals surface area contributed by atoms with Crippen molar-refractivity contribution in [3.63, 3.8) is 0 Å². The lowest BCUT2D eigenvalue weighted by Crippen LogP contribution is -2.12. The molecule has 0 bridgehead atoms. The number of hydrogen-bond donors (Lipinski definition) is 2. The fourth-order valence-electron chi connectivity index (χ4n) is 2.93. The van der Waals surface area contributed by atoms with Crippen LogP contribution < -0.4 is 5.56 Å². The van der Waals surface area contributed by atoms with E-state index in [1.165, 1.54) is 4.52 Å². The number of H-pyrrole nitrogens is 1. The summed E-state index contributed by atoms with van der Waals surface area (Å²) < 4.78 is 1.37. The number of aromatic amines is 1. The molecule has 1 saturated carbocycles. The zero-order chi connectivity index (χ0) is 17.0. The van der Waals surface area contributed by atoms with E-state index in [1.807, 2.05) is 19.1 Å². The van der Waals surface area contributed by atoms with Crippen LogP contribution in [-0.2, 0) is 0 Å². The lowest BCUT2D eigenvalue weighted by molar-refractivity contribution is 0.0689. The van der Waals surface area contributed by atoms with Crippen molar-refractivity contribution in [3.8, 4) is 11.3 Å². The van der Waals surface area contributed by atoms with Crippen LogP contribution >= 0.6 is 11.6 Å². The minimum absolute atomic E-state index is 0.0397. The third kappa shape index (κ3) is 2.30. The number of hydrogen-bond acceptors (Lipinski definition) is 3. The summed E-state index contributed by atoms with van der Waals surface area (Å²) in [6.07, 6.45) is 3.41. The second-order valence-corrected chi connectivity index (χ2v) is 6.50. The summed E-state index contributed by atoms with van der Waals surface area (Å²) in [7, 11) is 0. The van der Waals surface area contributed by atoms with Crippen molar-refractivity contribution in [1.82, 2.24) is 14.6 Å². The average molecular weight is 344 g/mol. The van der Waals surface area contributed by atoms with E-state index >= 15 is 0 Å². The first-order valence-corrected chi connectivity index (χ1v) is 7.99. The van der Waals surface area contributed by atoms with Gasteiger partial charge in [0.05, 0.1) is 11.9 Å². The van der Waals surface area contributed by atoms with E-state index in [0.29, 0.717) is 21.8 Å². The predicted octanol–water partition coefficient (Wildman–Crippen LogP) is 3.23. The van der Waals surface area contributed by atoms with Crippen LogP contribution in [0.1, 0.15) is 40.4 Å². The third-order valence-electron chi connectivity index (χ3n) is 4.33.